The molecule has 34 heavy (non-hydrogen) atoms. The third kappa shape index (κ3) is 5.27. The second-order valence-electron chi connectivity index (χ2n) is 9.36. The minimum atomic E-state index is -0.494. The normalized spacial score (nSPS) is 14.8. The topological polar surface area (TPSA) is 122 Å². The van der Waals surface area contributed by atoms with Crippen LogP contribution in [0.25, 0.3) is 22.4 Å². The molecule has 3 aromatic rings. The lowest BCUT2D eigenvalue weighted by Crippen LogP contribution is -2.42. The highest BCUT2D eigenvalue weighted by atomic mass is 16.6. The summed E-state index contributed by atoms with van der Waals surface area (Å²) in [5.41, 5.74) is 2.58. The van der Waals surface area contributed by atoms with Crippen molar-refractivity contribution in [1.82, 2.24) is 24.8 Å². The highest BCUT2D eigenvalue weighted by Gasteiger charge is 2.27. The van der Waals surface area contributed by atoms with Gasteiger partial charge in [0.25, 0.3) is 0 Å². The lowest BCUT2D eigenvalue weighted by Gasteiger charge is -2.33. The summed E-state index contributed by atoms with van der Waals surface area (Å²) in [6.07, 6.45) is 3.81. The molecular formula is C24H30N6O4. The fraction of sp³-hybridized carbons (Fsp3) is 0.458. The molecule has 1 aliphatic heterocycles. The molecule has 1 saturated heterocycles. The standard InChI is InChI=1S/C24H30N6O4/c1-24(2,3)34-23(32)30-9-7-15(8-10-30)12-25-22-28-19(20-21(29-22)27-14-26-20)16-5-6-18(33-4)17(11-16)13-31/h5-6,11,13-15H,7-10,12H2,1-4H3,(H2,25,26,27,28,29). The number of anilines is 1. The van der Waals surface area contributed by atoms with Crippen LogP contribution in [-0.2, 0) is 4.74 Å². The molecule has 2 N–H and O–H groups in total. The number of methoxy groups -OCH3 is 1. The first kappa shape index (κ1) is 23.5. The van der Waals surface area contributed by atoms with Crippen molar-refractivity contribution in [1.29, 1.82) is 0 Å². The van der Waals surface area contributed by atoms with Gasteiger partial charge >= 0.3 is 6.09 Å². The number of aldehydes is 1. The van der Waals surface area contributed by atoms with Crippen LogP contribution in [0.5, 0.6) is 5.75 Å². The van der Waals surface area contributed by atoms with Gasteiger partial charge in [0.2, 0.25) is 5.95 Å². The molecule has 0 unspecified atom stereocenters. The maximum absolute atomic E-state index is 12.3. The van der Waals surface area contributed by atoms with Crippen LogP contribution in [0.4, 0.5) is 10.7 Å². The molecule has 0 atom stereocenters. The molecule has 1 amide bonds. The molecule has 10 heteroatoms. The van der Waals surface area contributed by atoms with E-state index in [9.17, 15) is 9.59 Å². The number of imidazole rings is 1. The number of hydrogen-bond acceptors (Lipinski definition) is 8. The third-order valence-electron chi connectivity index (χ3n) is 5.73. The van der Waals surface area contributed by atoms with Crippen molar-refractivity contribution < 1.29 is 19.1 Å². The first-order chi connectivity index (χ1) is 16.3. The molecule has 3 heterocycles. The average molecular weight is 467 g/mol. The van der Waals surface area contributed by atoms with Gasteiger partial charge in [-0.2, -0.15) is 4.98 Å². The predicted molar refractivity (Wildman–Crippen MR) is 128 cm³/mol. The number of piperidine rings is 1. The van der Waals surface area contributed by atoms with Gasteiger partial charge in [-0.25, -0.2) is 14.8 Å². The largest absolute Gasteiger partial charge is 0.496 e. The number of rotatable bonds is 6. The van der Waals surface area contributed by atoms with E-state index in [2.05, 4.69) is 20.3 Å². The number of H-pyrrole nitrogens is 1. The summed E-state index contributed by atoms with van der Waals surface area (Å²) in [7, 11) is 1.53. The van der Waals surface area contributed by atoms with E-state index in [-0.39, 0.29) is 6.09 Å². The third-order valence-corrected chi connectivity index (χ3v) is 5.73. The Hall–Kier alpha value is -3.69. The van der Waals surface area contributed by atoms with Crippen molar-refractivity contribution in [3.63, 3.8) is 0 Å². The van der Waals surface area contributed by atoms with Crippen molar-refractivity contribution in [2.75, 3.05) is 32.1 Å². The number of aromatic nitrogens is 4. The quantitative estimate of drug-likeness (QED) is 0.525. The van der Waals surface area contributed by atoms with E-state index in [0.717, 1.165) is 24.7 Å². The number of hydrogen-bond donors (Lipinski definition) is 2. The number of carbonyl (C=O) groups excluding carboxylic acids is 2. The van der Waals surface area contributed by atoms with Gasteiger partial charge in [0, 0.05) is 25.2 Å². The van der Waals surface area contributed by atoms with Gasteiger partial charge in [0.1, 0.15) is 22.6 Å². The van der Waals surface area contributed by atoms with Crippen molar-refractivity contribution in [2.45, 2.75) is 39.2 Å². The Morgan fingerprint density at radius 1 is 1.26 bits per heavy atom. The van der Waals surface area contributed by atoms with Gasteiger partial charge in [-0.05, 0) is 57.7 Å². The number of fused-ring (bicyclic) bond motifs is 1. The maximum Gasteiger partial charge on any atom is 0.410 e. The van der Waals surface area contributed by atoms with E-state index >= 15 is 0 Å². The molecule has 0 radical (unpaired) electrons. The smallest absolute Gasteiger partial charge is 0.410 e. The number of ether oxygens (including phenoxy) is 2. The van der Waals surface area contributed by atoms with E-state index in [1.165, 1.54) is 7.11 Å². The van der Waals surface area contributed by atoms with Gasteiger partial charge < -0.3 is 24.7 Å². The Balaban J connectivity index is 1.45. The zero-order chi connectivity index (χ0) is 24.3. The van der Waals surface area contributed by atoms with Crippen LogP contribution in [-0.4, -0.2) is 69.6 Å². The fourth-order valence-electron chi connectivity index (χ4n) is 3.98. The number of carbonyl (C=O) groups is 2. The number of nitrogens with one attached hydrogen (secondary N) is 2. The van der Waals surface area contributed by atoms with E-state index in [1.54, 1.807) is 23.4 Å². The summed E-state index contributed by atoms with van der Waals surface area (Å²) >= 11 is 0. The first-order valence-corrected chi connectivity index (χ1v) is 11.3. The zero-order valence-electron chi connectivity index (χ0n) is 19.9. The minimum Gasteiger partial charge on any atom is -0.496 e. The number of likely N-dealkylation sites (tertiary alicyclic amines) is 1. The Morgan fingerprint density at radius 3 is 2.71 bits per heavy atom. The molecule has 0 aliphatic carbocycles. The van der Waals surface area contributed by atoms with E-state index in [4.69, 9.17) is 14.5 Å². The monoisotopic (exact) mass is 466 g/mol. The average Bonchev–Trinajstić information content (AvgIpc) is 3.29. The molecule has 0 bridgehead atoms. The van der Waals surface area contributed by atoms with Crippen LogP contribution >= 0.6 is 0 Å². The van der Waals surface area contributed by atoms with Crippen LogP contribution in [0, 0.1) is 5.92 Å². The molecular weight excluding hydrogens is 436 g/mol. The predicted octanol–water partition coefficient (Wildman–Crippen LogP) is 3.90. The summed E-state index contributed by atoms with van der Waals surface area (Å²) in [5, 5.41) is 3.33. The SMILES string of the molecule is COc1ccc(-c2nc(NCC3CCN(C(=O)OC(C)(C)C)CC3)nc3nc[nH]c23)cc1C=O. The molecule has 1 fully saturated rings. The number of aromatic amines is 1. The Bertz CT molecular complexity index is 1180. The lowest BCUT2D eigenvalue weighted by molar-refractivity contribution is 0.0188. The van der Waals surface area contributed by atoms with Gasteiger partial charge in [-0.3, -0.25) is 4.79 Å². The van der Waals surface area contributed by atoms with Gasteiger partial charge in [-0.1, -0.05) is 0 Å². The summed E-state index contributed by atoms with van der Waals surface area (Å²) in [5.74, 6) is 1.35. The molecule has 4 rings (SSSR count). The van der Waals surface area contributed by atoms with E-state index < -0.39 is 5.60 Å². The number of nitrogens with zero attached hydrogens (tertiary/aromatic N) is 4. The zero-order valence-corrected chi connectivity index (χ0v) is 19.9. The van der Waals surface area contributed by atoms with E-state index in [0.29, 0.717) is 59.7 Å². The minimum absolute atomic E-state index is 0.259. The Morgan fingerprint density at radius 2 is 2.03 bits per heavy atom. The fourth-order valence-corrected chi connectivity index (χ4v) is 3.98. The summed E-state index contributed by atoms with van der Waals surface area (Å²) in [6.45, 7) is 7.62. The molecule has 180 valence electrons. The van der Waals surface area contributed by atoms with Crippen LogP contribution in [0.2, 0.25) is 0 Å². The molecule has 0 spiro atoms. The van der Waals surface area contributed by atoms with Gasteiger partial charge in [-0.15, -0.1) is 0 Å². The molecule has 0 saturated carbocycles. The van der Waals surface area contributed by atoms with Crippen LogP contribution in [0.15, 0.2) is 24.5 Å². The van der Waals surface area contributed by atoms with Gasteiger partial charge in [0.05, 0.1) is 19.0 Å². The summed E-state index contributed by atoms with van der Waals surface area (Å²) in [4.78, 5) is 42.1. The van der Waals surface area contributed by atoms with Crippen molar-refractivity contribution >= 4 is 29.5 Å². The highest BCUT2D eigenvalue weighted by Crippen LogP contribution is 2.29. The maximum atomic E-state index is 12.3. The second-order valence-corrected chi connectivity index (χ2v) is 9.36. The van der Waals surface area contributed by atoms with Crippen LogP contribution < -0.4 is 10.1 Å². The van der Waals surface area contributed by atoms with Crippen LogP contribution in [0.3, 0.4) is 0 Å². The first-order valence-electron chi connectivity index (χ1n) is 11.3. The van der Waals surface area contributed by atoms with E-state index in [1.807, 2.05) is 26.8 Å². The second kappa shape index (κ2) is 9.66. The summed E-state index contributed by atoms with van der Waals surface area (Å²) < 4.78 is 10.7. The number of amides is 1. The Labute approximate surface area is 198 Å². The molecule has 2 aromatic heterocycles. The van der Waals surface area contributed by atoms with Crippen molar-refractivity contribution in [3.05, 3.63) is 30.1 Å². The molecule has 1 aromatic carbocycles. The molecule has 10 nitrogen and oxygen atoms in total. The number of benzene rings is 1. The van der Waals surface area contributed by atoms with Crippen molar-refractivity contribution in [2.24, 2.45) is 5.92 Å². The van der Waals surface area contributed by atoms with Crippen molar-refractivity contribution in [3.8, 4) is 17.0 Å². The van der Waals surface area contributed by atoms with Gasteiger partial charge in [0.15, 0.2) is 11.9 Å². The Kier molecular flexibility index (Phi) is 6.67. The van der Waals surface area contributed by atoms with Crippen LogP contribution in [0.1, 0.15) is 44.0 Å². The summed E-state index contributed by atoms with van der Waals surface area (Å²) in [6, 6.07) is 5.34. The highest BCUT2D eigenvalue weighted by molar-refractivity contribution is 5.90. The molecule has 1 aliphatic rings. The lowest BCUT2D eigenvalue weighted by atomic mass is 9.97.